The van der Waals surface area contributed by atoms with Crippen molar-refractivity contribution in [3.8, 4) is 45.5 Å². The summed E-state index contributed by atoms with van der Waals surface area (Å²) in [5.41, 5.74) is 10.1. The topological polar surface area (TPSA) is 54.5 Å². The van der Waals surface area contributed by atoms with Crippen molar-refractivity contribution >= 4 is 53.4 Å². The molecule has 0 fully saturated rings. The van der Waals surface area contributed by atoms with Crippen LogP contribution in [-0.4, -0.2) is 14.5 Å². The number of fused-ring (bicyclic) bond motifs is 6. The van der Waals surface area contributed by atoms with Crippen LogP contribution in [0.5, 0.6) is 0 Å². The largest absolute Gasteiger partial charge is 0.309 e. The van der Waals surface area contributed by atoms with Crippen LogP contribution >= 0.6 is 11.3 Å². The first kappa shape index (κ1) is 26.3. The highest BCUT2D eigenvalue weighted by molar-refractivity contribution is 7.26. The molecule has 0 saturated carbocycles. The van der Waals surface area contributed by atoms with Crippen LogP contribution in [0.25, 0.3) is 81.6 Å². The molecule has 46 heavy (non-hydrogen) atoms. The Kier molecular flexibility index (Phi) is 6.02. The fraction of sp³-hybridized carbons (Fsp3) is 0. The molecular formula is C41H24N4S. The Balaban J connectivity index is 1.30. The zero-order valence-electron chi connectivity index (χ0n) is 24.6. The first-order valence-corrected chi connectivity index (χ1v) is 16.0. The fourth-order valence-corrected chi connectivity index (χ4v) is 7.74. The van der Waals surface area contributed by atoms with Gasteiger partial charge in [-0.3, -0.25) is 0 Å². The van der Waals surface area contributed by atoms with Crippen LogP contribution in [0.15, 0.2) is 146 Å². The molecule has 6 aromatic carbocycles. The lowest BCUT2D eigenvalue weighted by atomic mass is 10.00. The molecule has 214 valence electrons. The molecule has 0 saturated heterocycles. The predicted molar refractivity (Wildman–Crippen MR) is 190 cm³/mol. The van der Waals surface area contributed by atoms with Gasteiger partial charge in [0.05, 0.1) is 38.6 Å². The zero-order valence-corrected chi connectivity index (χ0v) is 25.4. The molecule has 0 radical (unpaired) electrons. The van der Waals surface area contributed by atoms with Gasteiger partial charge in [-0.1, -0.05) is 103 Å². The maximum Gasteiger partial charge on any atom is 0.160 e. The van der Waals surface area contributed by atoms with Gasteiger partial charge in [-0.05, 0) is 53.6 Å². The normalized spacial score (nSPS) is 11.5. The summed E-state index contributed by atoms with van der Waals surface area (Å²) in [5.74, 6) is 0.681. The van der Waals surface area contributed by atoms with E-state index in [1.807, 2.05) is 54.6 Å². The highest BCUT2D eigenvalue weighted by Gasteiger charge is 2.20. The number of hydrogen-bond donors (Lipinski definition) is 0. The third kappa shape index (κ3) is 4.12. The maximum absolute atomic E-state index is 9.41. The van der Waals surface area contributed by atoms with E-state index in [1.54, 1.807) is 11.3 Å². The Morgan fingerprint density at radius 3 is 2.00 bits per heavy atom. The summed E-state index contributed by atoms with van der Waals surface area (Å²) >= 11 is 1.72. The first-order valence-electron chi connectivity index (χ1n) is 15.1. The molecule has 9 rings (SSSR count). The number of thiophene rings is 1. The summed E-state index contributed by atoms with van der Waals surface area (Å²) < 4.78 is 4.55. The number of aromatic nitrogens is 3. The van der Waals surface area contributed by atoms with Crippen LogP contribution in [0.2, 0.25) is 0 Å². The van der Waals surface area contributed by atoms with E-state index < -0.39 is 0 Å². The molecule has 0 amide bonds. The van der Waals surface area contributed by atoms with Gasteiger partial charge in [-0.15, -0.1) is 11.3 Å². The average Bonchev–Trinajstić information content (AvgIpc) is 3.68. The van der Waals surface area contributed by atoms with Crippen molar-refractivity contribution in [1.29, 1.82) is 5.26 Å². The fourth-order valence-electron chi connectivity index (χ4n) is 6.56. The Labute approximate surface area is 269 Å². The highest BCUT2D eigenvalue weighted by atomic mass is 32.1. The van der Waals surface area contributed by atoms with E-state index in [0.29, 0.717) is 11.4 Å². The molecule has 0 aliphatic heterocycles. The van der Waals surface area contributed by atoms with Gasteiger partial charge in [0, 0.05) is 37.7 Å². The van der Waals surface area contributed by atoms with Gasteiger partial charge in [-0.2, -0.15) is 5.26 Å². The van der Waals surface area contributed by atoms with Crippen LogP contribution in [0, 0.1) is 11.3 Å². The Morgan fingerprint density at radius 1 is 0.587 bits per heavy atom. The Hall–Kier alpha value is -6.09. The van der Waals surface area contributed by atoms with Gasteiger partial charge in [0.25, 0.3) is 0 Å². The molecule has 0 atom stereocenters. The van der Waals surface area contributed by atoms with Gasteiger partial charge in [0.2, 0.25) is 0 Å². The van der Waals surface area contributed by atoms with Crippen molar-refractivity contribution in [2.45, 2.75) is 0 Å². The summed E-state index contributed by atoms with van der Waals surface area (Å²) in [4.78, 5) is 10.3. The molecule has 9 aromatic rings. The molecular weight excluding hydrogens is 581 g/mol. The number of benzene rings is 6. The molecule has 5 heteroatoms. The molecule has 0 spiro atoms. The average molecular weight is 605 g/mol. The summed E-state index contributed by atoms with van der Waals surface area (Å²) in [7, 11) is 0. The summed E-state index contributed by atoms with van der Waals surface area (Å²) in [6.07, 6.45) is 0. The molecule has 0 aliphatic carbocycles. The molecule has 0 bridgehead atoms. The van der Waals surface area contributed by atoms with E-state index >= 15 is 0 Å². The minimum Gasteiger partial charge on any atom is -0.309 e. The van der Waals surface area contributed by atoms with Crippen molar-refractivity contribution in [2.24, 2.45) is 0 Å². The predicted octanol–water partition coefficient (Wildman–Crippen LogP) is 10.8. The van der Waals surface area contributed by atoms with E-state index in [9.17, 15) is 5.26 Å². The number of nitriles is 1. The van der Waals surface area contributed by atoms with Crippen LogP contribution in [0.1, 0.15) is 5.56 Å². The van der Waals surface area contributed by atoms with Crippen molar-refractivity contribution in [3.63, 3.8) is 0 Å². The minimum absolute atomic E-state index is 0.624. The van der Waals surface area contributed by atoms with Gasteiger partial charge < -0.3 is 4.57 Å². The van der Waals surface area contributed by atoms with E-state index in [2.05, 4.69) is 102 Å². The summed E-state index contributed by atoms with van der Waals surface area (Å²) in [5, 5.41) is 13.0. The minimum atomic E-state index is 0.624. The van der Waals surface area contributed by atoms with Crippen molar-refractivity contribution in [3.05, 3.63) is 151 Å². The molecule has 0 aliphatic rings. The number of hydrogen-bond acceptors (Lipinski definition) is 4. The third-order valence-corrected chi connectivity index (χ3v) is 9.81. The van der Waals surface area contributed by atoms with Gasteiger partial charge in [-0.25, -0.2) is 9.97 Å². The van der Waals surface area contributed by atoms with Gasteiger partial charge in [0.1, 0.15) is 0 Å². The number of nitrogens with zero attached hydrogens (tertiary/aromatic N) is 4. The quantitative estimate of drug-likeness (QED) is 0.201. The van der Waals surface area contributed by atoms with Gasteiger partial charge >= 0.3 is 0 Å². The number of rotatable bonds is 4. The van der Waals surface area contributed by atoms with E-state index in [0.717, 1.165) is 53.9 Å². The standard InChI is InChI=1S/C41H24N4S/c42-25-26-20-22-27(23-21-26)38-40-39(44-41(43-38)28-10-2-1-3-11-28)37-31(16-9-19-36(37)46-40)29-12-8-13-30(24-29)45-34-17-6-4-14-32(34)33-15-5-7-18-35(33)45/h1-24H. The third-order valence-electron chi connectivity index (χ3n) is 8.66. The Morgan fingerprint density at radius 2 is 1.26 bits per heavy atom. The summed E-state index contributed by atoms with van der Waals surface area (Å²) in [6, 6.07) is 52.6. The lowest BCUT2D eigenvalue weighted by Gasteiger charge is -2.11. The lowest BCUT2D eigenvalue weighted by Crippen LogP contribution is -1.95. The van der Waals surface area contributed by atoms with Crippen LogP contribution in [0.3, 0.4) is 0 Å². The SMILES string of the molecule is N#Cc1ccc(-c2nc(-c3ccccc3)nc3c2sc2cccc(-c4cccc(-n5c6ccccc6c6ccccc65)c4)c23)cc1. The molecule has 3 aromatic heterocycles. The summed E-state index contributed by atoms with van der Waals surface area (Å²) in [6.45, 7) is 0. The second-order valence-corrected chi connectivity index (χ2v) is 12.4. The molecule has 0 unspecified atom stereocenters. The lowest BCUT2D eigenvalue weighted by molar-refractivity contribution is 1.18. The smallest absolute Gasteiger partial charge is 0.160 e. The van der Waals surface area contributed by atoms with E-state index in [1.165, 1.54) is 21.8 Å². The van der Waals surface area contributed by atoms with Crippen molar-refractivity contribution < 1.29 is 0 Å². The maximum atomic E-state index is 9.41. The first-order chi connectivity index (χ1) is 22.8. The second kappa shape index (κ2) is 10.5. The second-order valence-electron chi connectivity index (χ2n) is 11.3. The van der Waals surface area contributed by atoms with Crippen molar-refractivity contribution in [2.75, 3.05) is 0 Å². The van der Waals surface area contributed by atoms with Crippen LogP contribution in [0.4, 0.5) is 0 Å². The van der Waals surface area contributed by atoms with E-state index in [-0.39, 0.29) is 0 Å². The molecule has 0 N–H and O–H groups in total. The molecule has 3 heterocycles. The Bertz CT molecular complexity index is 2590. The van der Waals surface area contributed by atoms with Gasteiger partial charge in [0.15, 0.2) is 5.82 Å². The molecule has 4 nitrogen and oxygen atoms in total. The number of para-hydroxylation sites is 2. The zero-order chi connectivity index (χ0) is 30.6. The van der Waals surface area contributed by atoms with Crippen LogP contribution < -0.4 is 0 Å². The highest BCUT2D eigenvalue weighted by Crippen LogP contribution is 2.44. The van der Waals surface area contributed by atoms with E-state index in [4.69, 9.17) is 9.97 Å². The monoisotopic (exact) mass is 604 g/mol. The van der Waals surface area contributed by atoms with Crippen molar-refractivity contribution in [1.82, 2.24) is 14.5 Å². The van der Waals surface area contributed by atoms with Crippen LogP contribution in [-0.2, 0) is 0 Å².